The van der Waals surface area contributed by atoms with Crippen LogP contribution in [0.25, 0.3) is 0 Å². The van der Waals surface area contributed by atoms with Gasteiger partial charge in [0.05, 0.1) is 5.69 Å². The van der Waals surface area contributed by atoms with Crippen molar-refractivity contribution in [3.8, 4) is 0 Å². The zero-order valence-corrected chi connectivity index (χ0v) is 13.7. The first-order valence-electron chi connectivity index (χ1n) is 8.12. The molecule has 2 aromatic rings. The van der Waals surface area contributed by atoms with Gasteiger partial charge in [0.1, 0.15) is 17.0 Å². The Kier molecular flexibility index (Phi) is 4.53. The predicted octanol–water partition coefficient (Wildman–Crippen LogP) is 3.88. The molecule has 1 aliphatic rings. The second-order valence-corrected chi connectivity index (χ2v) is 6.13. The van der Waals surface area contributed by atoms with Crippen molar-refractivity contribution < 1.29 is 18.4 Å². The Hall–Kier alpha value is -2.76. The number of benzene rings is 2. The zero-order chi connectivity index (χ0) is 18.0. The first-order chi connectivity index (χ1) is 12.0. The Bertz CT molecular complexity index is 832. The van der Waals surface area contributed by atoms with E-state index < -0.39 is 28.9 Å². The molecule has 1 saturated carbocycles. The van der Waals surface area contributed by atoms with Crippen molar-refractivity contribution in [1.29, 1.82) is 0 Å². The van der Waals surface area contributed by atoms with Gasteiger partial charge in [0, 0.05) is 11.8 Å². The SMILES string of the molecule is CCc1ccccc1NC(=O)C1(C(=O)Nc2ccc(F)cc2F)CC1. The minimum absolute atomic E-state index is 0.139. The maximum Gasteiger partial charge on any atom is 0.240 e. The summed E-state index contributed by atoms with van der Waals surface area (Å²) in [6, 6.07) is 10.3. The molecule has 2 aromatic carbocycles. The molecular formula is C19H18F2N2O2. The summed E-state index contributed by atoms with van der Waals surface area (Å²) in [5.74, 6) is -2.59. The highest BCUT2D eigenvalue weighted by molar-refractivity contribution is 6.17. The number of halogens is 2. The van der Waals surface area contributed by atoms with Crippen molar-refractivity contribution in [3.63, 3.8) is 0 Å². The molecular weight excluding hydrogens is 326 g/mol. The minimum Gasteiger partial charge on any atom is -0.325 e. The summed E-state index contributed by atoms with van der Waals surface area (Å²) in [5.41, 5.74) is 0.292. The van der Waals surface area contributed by atoms with Crippen LogP contribution < -0.4 is 10.6 Å². The maximum absolute atomic E-state index is 13.7. The third-order valence-corrected chi connectivity index (χ3v) is 4.45. The van der Waals surface area contributed by atoms with Crippen molar-refractivity contribution >= 4 is 23.2 Å². The van der Waals surface area contributed by atoms with Crippen molar-refractivity contribution in [3.05, 3.63) is 59.7 Å². The molecule has 130 valence electrons. The van der Waals surface area contributed by atoms with Crippen LogP contribution in [0.15, 0.2) is 42.5 Å². The average molecular weight is 344 g/mol. The third-order valence-electron chi connectivity index (χ3n) is 4.45. The molecule has 0 unspecified atom stereocenters. The molecule has 0 heterocycles. The summed E-state index contributed by atoms with van der Waals surface area (Å²) in [7, 11) is 0. The average Bonchev–Trinajstić information content (AvgIpc) is 3.40. The Morgan fingerprint density at radius 1 is 1.00 bits per heavy atom. The molecule has 3 rings (SSSR count). The van der Waals surface area contributed by atoms with E-state index in [2.05, 4.69) is 10.6 Å². The lowest BCUT2D eigenvalue weighted by Crippen LogP contribution is -2.36. The van der Waals surface area contributed by atoms with Crippen molar-refractivity contribution in [2.24, 2.45) is 5.41 Å². The van der Waals surface area contributed by atoms with Gasteiger partial charge < -0.3 is 10.6 Å². The van der Waals surface area contributed by atoms with Gasteiger partial charge in [-0.1, -0.05) is 25.1 Å². The number of hydrogen-bond acceptors (Lipinski definition) is 2. The fraction of sp³-hybridized carbons (Fsp3) is 0.263. The topological polar surface area (TPSA) is 58.2 Å². The van der Waals surface area contributed by atoms with Gasteiger partial charge in [-0.15, -0.1) is 0 Å². The fourth-order valence-corrected chi connectivity index (χ4v) is 2.71. The van der Waals surface area contributed by atoms with Gasteiger partial charge in [-0.2, -0.15) is 0 Å². The van der Waals surface area contributed by atoms with E-state index in [9.17, 15) is 18.4 Å². The van der Waals surface area contributed by atoms with Crippen LogP contribution in [-0.4, -0.2) is 11.8 Å². The molecule has 25 heavy (non-hydrogen) atoms. The van der Waals surface area contributed by atoms with E-state index in [1.54, 1.807) is 6.07 Å². The third kappa shape index (κ3) is 3.38. The molecule has 1 aliphatic carbocycles. The van der Waals surface area contributed by atoms with E-state index in [-0.39, 0.29) is 5.69 Å². The molecule has 0 atom stereocenters. The highest BCUT2D eigenvalue weighted by Gasteiger charge is 2.56. The lowest BCUT2D eigenvalue weighted by Gasteiger charge is -2.17. The number of carbonyl (C=O) groups is 2. The quantitative estimate of drug-likeness (QED) is 0.809. The normalized spacial score (nSPS) is 14.7. The Labute approximate surface area is 144 Å². The first-order valence-corrected chi connectivity index (χ1v) is 8.12. The number of hydrogen-bond donors (Lipinski definition) is 2. The van der Waals surface area contributed by atoms with Gasteiger partial charge >= 0.3 is 0 Å². The molecule has 6 heteroatoms. The van der Waals surface area contributed by atoms with Gasteiger partial charge in [0.25, 0.3) is 0 Å². The van der Waals surface area contributed by atoms with E-state index in [0.29, 0.717) is 24.6 Å². The smallest absolute Gasteiger partial charge is 0.240 e. The van der Waals surface area contributed by atoms with Gasteiger partial charge in [-0.25, -0.2) is 8.78 Å². The molecule has 1 fully saturated rings. The van der Waals surface area contributed by atoms with Crippen molar-refractivity contribution in [2.75, 3.05) is 10.6 Å². The molecule has 0 saturated heterocycles. The molecule has 0 aliphatic heterocycles. The van der Waals surface area contributed by atoms with Crippen molar-refractivity contribution in [1.82, 2.24) is 0 Å². The minimum atomic E-state index is -1.21. The Morgan fingerprint density at radius 3 is 2.24 bits per heavy atom. The number of para-hydroxylation sites is 1. The van der Waals surface area contributed by atoms with Crippen LogP contribution in [0, 0.1) is 17.0 Å². The largest absolute Gasteiger partial charge is 0.325 e. The highest BCUT2D eigenvalue weighted by Crippen LogP contribution is 2.47. The second kappa shape index (κ2) is 6.63. The van der Waals surface area contributed by atoms with Gasteiger partial charge in [-0.05, 0) is 43.0 Å². The monoisotopic (exact) mass is 344 g/mol. The second-order valence-electron chi connectivity index (χ2n) is 6.13. The zero-order valence-electron chi connectivity index (χ0n) is 13.7. The van der Waals surface area contributed by atoms with Gasteiger partial charge in [0.2, 0.25) is 11.8 Å². The lowest BCUT2D eigenvalue weighted by atomic mass is 10.0. The van der Waals surface area contributed by atoms with Crippen LogP contribution in [0.2, 0.25) is 0 Å². The summed E-state index contributed by atoms with van der Waals surface area (Å²) in [4.78, 5) is 25.1. The van der Waals surface area contributed by atoms with E-state index >= 15 is 0 Å². The van der Waals surface area contributed by atoms with Crippen LogP contribution in [0.1, 0.15) is 25.3 Å². The van der Waals surface area contributed by atoms with Crippen molar-refractivity contribution in [2.45, 2.75) is 26.2 Å². The van der Waals surface area contributed by atoms with Crippen LogP contribution in [0.4, 0.5) is 20.2 Å². The number of nitrogens with one attached hydrogen (secondary N) is 2. The van der Waals surface area contributed by atoms with E-state index in [1.165, 1.54) is 0 Å². The number of anilines is 2. The van der Waals surface area contributed by atoms with Crippen LogP contribution in [-0.2, 0) is 16.0 Å². The molecule has 4 nitrogen and oxygen atoms in total. The molecule has 0 radical (unpaired) electrons. The molecule has 0 bridgehead atoms. The molecule has 2 amide bonds. The van der Waals surface area contributed by atoms with E-state index in [4.69, 9.17) is 0 Å². The Balaban J connectivity index is 1.74. The maximum atomic E-state index is 13.7. The Morgan fingerprint density at radius 2 is 1.64 bits per heavy atom. The summed E-state index contributed by atoms with van der Waals surface area (Å²) in [5, 5.41) is 5.20. The lowest BCUT2D eigenvalue weighted by molar-refractivity contribution is -0.131. The number of carbonyl (C=O) groups excluding carboxylic acids is 2. The van der Waals surface area contributed by atoms with E-state index in [1.807, 2.05) is 25.1 Å². The number of aryl methyl sites for hydroxylation is 1. The molecule has 0 spiro atoms. The standard InChI is InChI=1S/C19H18F2N2O2/c1-2-12-5-3-4-6-15(12)22-17(24)19(9-10-19)18(25)23-16-8-7-13(20)11-14(16)21/h3-8,11H,2,9-10H2,1H3,(H,22,24)(H,23,25). The predicted molar refractivity (Wildman–Crippen MR) is 91.1 cm³/mol. The highest BCUT2D eigenvalue weighted by atomic mass is 19.1. The van der Waals surface area contributed by atoms with Crippen LogP contribution in [0.3, 0.4) is 0 Å². The van der Waals surface area contributed by atoms with Gasteiger partial charge in [-0.3, -0.25) is 9.59 Å². The number of amides is 2. The van der Waals surface area contributed by atoms with Crippen LogP contribution >= 0.6 is 0 Å². The summed E-state index contributed by atoms with van der Waals surface area (Å²) < 4.78 is 26.7. The first kappa shape index (κ1) is 17.1. The molecule has 0 aromatic heterocycles. The summed E-state index contributed by atoms with van der Waals surface area (Å²) in [6.45, 7) is 1.97. The fourth-order valence-electron chi connectivity index (χ4n) is 2.71. The van der Waals surface area contributed by atoms with Crippen LogP contribution in [0.5, 0.6) is 0 Å². The summed E-state index contributed by atoms with van der Waals surface area (Å²) in [6.07, 6.45) is 1.53. The molecule has 2 N–H and O–H groups in total. The number of rotatable bonds is 5. The van der Waals surface area contributed by atoms with Gasteiger partial charge in [0.15, 0.2) is 0 Å². The van der Waals surface area contributed by atoms with E-state index in [0.717, 1.165) is 24.1 Å². The summed E-state index contributed by atoms with van der Waals surface area (Å²) >= 11 is 0.